The molecule has 0 amide bonds. The second kappa shape index (κ2) is 4.79. The number of nitrogens with zero attached hydrogens (tertiary/aromatic N) is 3. The molecule has 6 heteroatoms. The van der Waals surface area contributed by atoms with Crippen LogP contribution >= 0.6 is 15.9 Å². The van der Waals surface area contributed by atoms with Gasteiger partial charge in [-0.3, -0.25) is 0 Å². The molecule has 98 valence electrons. The number of aromatic nitrogens is 3. The minimum absolute atomic E-state index is 0.0812. The monoisotopic (exact) mass is 321 g/mol. The number of halogens is 1. The van der Waals surface area contributed by atoms with Crippen molar-refractivity contribution in [3.05, 3.63) is 35.0 Å². The Balaban J connectivity index is 2.12. The van der Waals surface area contributed by atoms with E-state index < -0.39 is 0 Å². The molecule has 2 aromatic heterocycles. The highest BCUT2D eigenvalue weighted by Crippen LogP contribution is 2.30. The zero-order valence-electron chi connectivity index (χ0n) is 10.3. The summed E-state index contributed by atoms with van der Waals surface area (Å²) in [6.45, 7) is 0.0812. The lowest BCUT2D eigenvalue weighted by Crippen LogP contribution is -2.00. The number of aliphatic hydroxyl groups is 1. The Labute approximate surface area is 118 Å². The smallest absolute Gasteiger partial charge is 0.181 e. The largest absolute Gasteiger partial charge is 0.443 e. The molecule has 0 fully saturated rings. The number of hydrogen-bond donors (Lipinski definition) is 1. The Hall–Kier alpha value is -1.66. The number of hydrogen-bond acceptors (Lipinski definition) is 4. The Morgan fingerprint density at radius 2 is 2.26 bits per heavy atom. The van der Waals surface area contributed by atoms with E-state index in [0.29, 0.717) is 6.42 Å². The maximum absolute atomic E-state index is 9.04. The topological polar surface area (TPSA) is 64.1 Å². The van der Waals surface area contributed by atoms with E-state index in [2.05, 4.69) is 25.9 Å². The van der Waals surface area contributed by atoms with E-state index in [4.69, 9.17) is 9.52 Å². The van der Waals surface area contributed by atoms with Gasteiger partial charge in [0.15, 0.2) is 12.0 Å². The van der Waals surface area contributed by atoms with E-state index in [1.807, 2.05) is 29.8 Å². The molecule has 0 radical (unpaired) electrons. The third kappa shape index (κ3) is 2.06. The highest BCUT2D eigenvalue weighted by molar-refractivity contribution is 9.10. The molecule has 5 nitrogen and oxygen atoms in total. The molecule has 2 heterocycles. The van der Waals surface area contributed by atoms with Gasteiger partial charge in [0.2, 0.25) is 0 Å². The second-order valence-corrected chi connectivity index (χ2v) is 4.99. The third-order valence-electron chi connectivity index (χ3n) is 3.06. The van der Waals surface area contributed by atoms with Crippen LogP contribution in [0.1, 0.15) is 5.82 Å². The van der Waals surface area contributed by atoms with Crippen molar-refractivity contribution >= 4 is 27.0 Å². The van der Waals surface area contributed by atoms with Gasteiger partial charge in [0.25, 0.3) is 0 Å². The molecular weight excluding hydrogens is 310 g/mol. The maximum atomic E-state index is 9.04. The van der Waals surface area contributed by atoms with Crippen LogP contribution in [0.2, 0.25) is 0 Å². The fourth-order valence-corrected chi connectivity index (χ4v) is 2.55. The molecule has 0 aliphatic rings. The molecule has 0 aliphatic carbocycles. The number of rotatable bonds is 3. The standard InChI is InChI=1S/C13H12BrN3O2/c1-17-11(4-5-18)16-12(13(17)14)8-2-3-9-10(6-8)19-7-15-9/h2-3,6-7,18H,4-5H2,1H3. The zero-order valence-corrected chi connectivity index (χ0v) is 11.9. The van der Waals surface area contributed by atoms with Crippen molar-refractivity contribution in [1.82, 2.24) is 14.5 Å². The average Bonchev–Trinajstić information content (AvgIpc) is 2.98. The van der Waals surface area contributed by atoms with Gasteiger partial charge in [-0.1, -0.05) is 6.07 Å². The van der Waals surface area contributed by atoms with Crippen LogP contribution in [0.15, 0.2) is 33.6 Å². The number of imidazole rings is 1. The summed E-state index contributed by atoms with van der Waals surface area (Å²) in [6.07, 6.45) is 1.96. The Morgan fingerprint density at radius 3 is 3.05 bits per heavy atom. The van der Waals surface area contributed by atoms with E-state index in [1.165, 1.54) is 6.39 Å². The van der Waals surface area contributed by atoms with E-state index >= 15 is 0 Å². The van der Waals surface area contributed by atoms with Crippen LogP contribution in [0.25, 0.3) is 22.4 Å². The summed E-state index contributed by atoms with van der Waals surface area (Å²) in [4.78, 5) is 8.65. The second-order valence-electron chi connectivity index (χ2n) is 4.23. The molecule has 19 heavy (non-hydrogen) atoms. The molecule has 0 aliphatic heterocycles. The lowest BCUT2D eigenvalue weighted by atomic mass is 10.1. The van der Waals surface area contributed by atoms with Gasteiger partial charge in [-0.25, -0.2) is 9.97 Å². The van der Waals surface area contributed by atoms with Crippen LogP contribution < -0.4 is 0 Å². The van der Waals surface area contributed by atoms with Gasteiger partial charge >= 0.3 is 0 Å². The van der Waals surface area contributed by atoms with Gasteiger partial charge in [-0.15, -0.1) is 0 Å². The van der Waals surface area contributed by atoms with Crippen molar-refractivity contribution in [3.8, 4) is 11.3 Å². The summed E-state index contributed by atoms with van der Waals surface area (Å²) in [5.41, 5.74) is 3.35. The maximum Gasteiger partial charge on any atom is 0.181 e. The van der Waals surface area contributed by atoms with Gasteiger partial charge in [0.05, 0.1) is 6.61 Å². The predicted octanol–water partition coefficient (Wildman–Crippen LogP) is 2.53. The lowest BCUT2D eigenvalue weighted by molar-refractivity contribution is 0.295. The minimum Gasteiger partial charge on any atom is -0.443 e. The summed E-state index contributed by atoms with van der Waals surface area (Å²) in [5, 5.41) is 9.04. The molecule has 3 aromatic rings. The van der Waals surface area contributed by atoms with Crippen LogP contribution in [0.5, 0.6) is 0 Å². The molecule has 3 rings (SSSR count). The summed E-state index contributed by atoms with van der Waals surface area (Å²) in [7, 11) is 1.92. The molecular formula is C13H12BrN3O2. The van der Waals surface area contributed by atoms with Crippen molar-refractivity contribution in [1.29, 1.82) is 0 Å². The van der Waals surface area contributed by atoms with Crippen LogP contribution in [-0.4, -0.2) is 26.2 Å². The average molecular weight is 322 g/mol. The number of aliphatic hydroxyl groups excluding tert-OH is 1. The minimum atomic E-state index is 0.0812. The molecule has 1 N–H and O–H groups in total. The molecule has 0 saturated heterocycles. The first-order valence-corrected chi connectivity index (χ1v) is 6.65. The number of fused-ring (bicyclic) bond motifs is 1. The van der Waals surface area contributed by atoms with Gasteiger partial charge in [0, 0.05) is 19.0 Å². The fraction of sp³-hybridized carbons (Fsp3) is 0.231. The van der Waals surface area contributed by atoms with Crippen LogP contribution in [0.4, 0.5) is 0 Å². The van der Waals surface area contributed by atoms with E-state index in [-0.39, 0.29) is 6.61 Å². The van der Waals surface area contributed by atoms with Crippen molar-refractivity contribution in [2.45, 2.75) is 6.42 Å². The predicted molar refractivity (Wildman–Crippen MR) is 74.7 cm³/mol. The number of oxazole rings is 1. The van der Waals surface area contributed by atoms with E-state index in [9.17, 15) is 0 Å². The Bertz CT molecular complexity index is 733. The lowest BCUT2D eigenvalue weighted by Gasteiger charge is -1.99. The SMILES string of the molecule is Cn1c(CCO)nc(-c2ccc3ncoc3c2)c1Br. The van der Waals surface area contributed by atoms with Crippen molar-refractivity contribution in [3.63, 3.8) is 0 Å². The highest BCUT2D eigenvalue weighted by atomic mass is 79.9. The summed E-state index contributed by atoms with van der Waals surface area (Å²) in [6, 6.07) is 5.78. The summed E-state index contributed by atoms with van der Waals surface area (Å²) < 4.78 is 8.11. The first-order valence-electron chi connectivity index (χ1n) is 5.86. The first kappa shape index (κ1) is 12.4. The van der Waals surface area contributed by atoms with Crippen LogP contribution in [-0.2, 0) is 13.5 Å². The first-order chi connectivity index (χ1) is 9.20. The highest BCUT2D eigenvalue weighted by Gasteiger charge is 2.14. The van der Waals surface area contributed by atoms with Gasteiger partial charge in [-0.2, -0.15) is 0 Å². The molecule has 1 aromatic carbocycles. The normalized spacial score (nSPS) is 11.3. The van der Waals surface area contributed by atoms with Crippen molar-refractivity contribution in [2.24, 2.45) is 7.05 Å². The quantitative estimate of drug-likeness (QED) is 0.805. The Morgan fingerprint density at radius 1 is 1.42 bits per heavy atom. The van der Waals surface area contributed by atoms with E-state index in [1.54, 1.807) is 0 Å². The fourth-order valence-electron chi connectivity index (χ4n) is 2.03. The molecule has 0 saturated carbocycles. The van der Waals surface area contributed by atoms with Crippen LogP contribution in [0, 0.1) is 0 Å². The number of benzene rings is 1. The van der Waals surface area contributed by atoms with Crippen molar-refractivity contribution < 1.29 is 9.52 Å². The summed E-state index contributed by atoms with van der Waals surface area (Å²) in [5.74, 6) is 0.835. The van der Waals surface area contributed by atoms with Crippen LogP contribution in [0.3, 0.4) is 0 Å². The zero-order chi connectivity index (χ0) is 13.4. The third-order valence-corrected chi connectivity index (χ3v) is 3.97. The molecule has 0 bridgehead atoms. The molecule has 0 atom stereocenters. The molecule has 0 spiro atoms. The Kier molecular flexibility index (Phi) is 3.12. The van der Waals surface area contributed by atoms with E-state index in [0.717, 1.165) is 32.8 Å². The van der Waals surface area contributed by atoms with Gasteiger partial charge in [-0.05, 0) is 28.1 Å². The van der Waals surface area contributed by atoms with Gasteiger partial charge < -0.3 is 14.1 Å². The summed E-state index contributed by atoms with van der Waals surface area (Å²) >= 11 is 3.54. The molecule has 0 unspecified atom stereocenters. The van der Waals surface area contributed by atoms with Gasteiger partial charge in [0.1, 0.15) is 21.6 Å². The van der Waals surface area contributed by atoms with Crippen molar-refractivity contribution in [2.75, 3.05) is 6.61 Å².